The molecule has 0 aromatic carbocycles. The topological polar surface area (TPSA) is 79.8 Å². The van der Waals surface area contributed by atoms with E-state index in [1.165, 1.54) is 16.4 Å². The Labute approximate surface area is 91.1 Å². The van der Waals surface area contributed by atoms with Gasteiger partial charge in [-0.1, -0.05) is 11.8 Å². The van der Waals surface area contributed by atoms with Gasteiger partial charge in [0.25, 0.3) is 0 Å². The Morgan fingerprint density at radius 1 is 1.60 bits per heavy atom. The summed E-state index contributed by atoms with van der Waals surface area (Å²) < 4.78 is 1.46. The number of aromatic nitrogens is 3. The predicted molar refractivity (Wildman–Crippen MR) is 59.3 cm³/mol. The zero-order valence-corrected chi connectivity index (χ0v) is 9.72. The van der Waals surface area contributed by atoms with E-state index in [4.69, 9.17) is 0 Å². The summed E-state index contributed by atoms with van der Waals surface area (Å²) in [5.74, 6) is 0.781. The zero-order chi connectivity index (χ0) is 11.4. The van der Waals surface area contributed by atoms with Crippen LogP contribution in [0.1, 0.15) is 6.92 Å². The molecule has 1 rings (SSSR count). The van der Waals surface area contributed by atoms with E-state index in [1.54, 1.807) is 7.05 Å². The Balaban J connectivity index is 2.82. The van der Waals surface area contributed by atoms with Crippen LogP contribution in [0.2, 0.25) is 0 Å². The van der Waals surface area contributed by atoms with Gasteiger partial charge in [-0.15, -0.1) is 0 Å². The van der Waals surface area contributed by atoms with Gasteiger partial charge in [-0.3, -0.25) is 19.4 Å². The van der Waals surface area contributed by atoms with Gasteiger partial charge in [0, 0.05) is 18.8 Å². The second-order valence-electron chi connectivity index (χ2n) is 3.20. The van der Waals surface area contributed by atoms with Gasteiger partial charge in [-0.05, 0) is 14.0 Å². The summed E-state index contributed by atoms with van der Waals surface area (Å²) in [4.78, 5) is 25.6. The molecule has 0 saturated heterocycles. The van der Waals surface area contributed by atoms with Crippen molar-refractivity contribution in [3.8, 4) is 0 Å². The Bertz CT molecular complexity index is 439. The third-order valence-corrected chi connectivity index (χ3v) is 3.19. The van der Waals surface area contributed by atoms with Crippen LogP contribution in [0, 0.1) is 0 Å². The number of hydrogen-bond acceptors (Lipinski definition) is 5. The number of H-pyrrole nitrogens is 1. The van der Waals surface area contributed by atoms with Crippen molar-refractivity contribution in [1.29, 1.82) is 0 Å². The van der Waals surface area contributed by atoms with Crippen LogP contribution in [0.25, 0.3) is 0 Å². The molecule has 7 heteroatoms. The van der Waals surface area contributed by atoms with E-state index < -0.39 is 11.1 Å². The van der Waals surface area contributed by atoms with E-state index >= 15 is 0 Å². The summed E-state index contributed by atoms with van der Waals surface area (Å²) in [6, 6.07) is 0.318. The second-order valence-corrected chi connectivity index (χ2v) is 4.19. The molecule has 1 unspecified atom stereocenters. The lowest BCUT2D eigenvalue weighted by molar-refractivity contribution is 0.594. The van der Waals surface area contributed by atoms with Gasteiger partial charge in [-0.25, -0.2) is 0 Å². The minimum atomic E-state index is -0.743. The Kier molecular flexibility index (Phi) is 4.10. The predicted octanol–water partition coefficient (Wildman–Crippen LogP) is -0.831. The largest absolute Gasteiger partial charge is 0.339 e. The van der Waals surface area contributed by atoms with Crippen molar-refractivity contribution in [2.75, 3.05) is 12.8 Å². The fourth-order valence-electron chi connectivity index (χ4n) is 0.873. The molecule has 15 heavy (non-hydrogen) atoms. The lowest BCUT2D eigenvalue weighted by Gasteiger charge is -2.10. The van der Waals surface area contributed by atoms with Crippen LogP contribution in [0.5, 0.6) is 0 Å². The first-order valence-electron chi connectivity index (χ1n) is 4.52. The number of rotatable bonds is 4. The zero-order valence-electron chi connectivity index (χ0n) is 8.90. The highest BCUT2D eigenvalue weighted by Crippen LogP contribution is 2.11. The van der Waals surface area contributed by atoms with E-state index in [1.807, 2.05) is 14.0 Å². The number of thioether (sulfide) groups is 1. The maximum atomic E-state index is 11.0. The first-order chi connectivity index (χ1) is 7.04. The van der Waals surface area contributed by atoms with E-state index in [0.29, 0.717) is 11.2 Å². The van der Waals surface area contributed by atoms with Gasteiger partial charge in [0.15, 0.2) is 5.16 Å². The smallest absolute Gasteiger partial charge is 0.316 e. The number of aryl methyl sites for hydroxylation is 1. The van der Waals surface area contributed by atoms with E-state index in [2.05, 4.69) is 15.4 Å². The van der Waals surface area contributed by atoms with Crippen molar-refractivity contribution in [3.05, 3.63) is 20.7 Å². The highest BCUT2D eigenvalue weighted by Gasteiger charge is 2.06. The third kappa shape index (κ3) is 3.21. The van der Waals surface area contributed by atoms with Crippen LogP contribution in [0.3, 0.4) is 0 Å². The molecule has 0 saturated carbocycles. The quantitative estimate of drug-likeness (QED) is 0.521. The lowest BCUT2D eigenvalue weighted by Crippen LogP contribution is -2.34. The fourth-order valence-corrected chi connectivity index (χ4v) is 1.83. The average molecular weight is 230 g/mol. The molecule has 0 radical (unpaired) electrons. The molecule has 0 aliphatic carbocycles. The molecule has 0 aliphatic rings. The molecule has 0 amide bonds. The summed E-state index contributed by atoms with van der Waals surface area (Å²) in [6.45, 7) is 2.02. The van der Waals surface area contributed by atoms with Gasteiger partial charge in [0.1, 0.15) is 0 Å². The van der Waals surface area contributed by atoms with Crippen LogP contribution >= 0.6 is 11.8 Å². The molecule has 2 N–H and O–H groups in total. The van der Waals surface area contributed by atoms with E-state index in [9.17, 15) is 9.59 Å². The third-order valence-electron chi connectivity index (χ3n) is 1.90. The first-order valence-corrected chi connectivity index (χ1v) is 5.50. The van der Waals surface area contributed by atoms with Crippen LogP contribution in [-0.2, 0) is 7.05 Å². The summed E-state index contributed by atoms with van der Waals surface area (Å²) >= 11 is 1.42. The summed E-state index contributed by atoms with van der Waals surface area (Å²) in [5.41, 5.74) is -1.43. The minimum absolute atomic E-state index is 0.318. The first kappa shape index (κ1) is 12.0. The van der Waals surface area contributed by atoms with Crippen molar-refractivity contribution in [2.24, 2.45) is 7.05 Å². The van der Waals surface area contributed by atoms with Crippen molar-refractivity contribution < 1.29 is 0 Å². The van der Waals surface area contributed by atoms with Crippen LogP contribution in [0.4, 0.5) is 0 Å². The van der Waals surface area contributed by atoms with Crippen LogP contribution < -0.4 is 16.4 Å². The molecule has 84 valence electrons. The van der Waals surface area contributed by atoms with Gasteiger partial charge in [-0.2, -0.15) is 4.98 Å². The number of nitrogens with one attached hydrogen (secondary N) is 2. The monoisotopic (exact) mass is 230 g/mol. The molecule has 0 aliphatic heterocycles. The SMILES string of the molecule is CNC(C)CSc1nc(=O)c(=O)[nH]n1C. The molecule has 0 spiro atoms. The molecule has 0 fully saturated rings. The van der Waals surface area contributed by atoms with Gasteiger partial charge >= 0.3 is 11.1 Å². The van der Waals surface area contributed by atoms with E-state index in [-0.39, 0.29) is 0 Å². The van der Waals surface area contributed by atoms with Gasteiger partial charge in [0.05, 0.1) is 0 Å². The van der Waals surface area contributed by atoms with Crippen molar-refractivity contribution >= 4 is 11.8 Å². The van der Waals surface area contributed by atoms with Crippen molar-refractivity contribution in [1.82, 2.24) is 20.1 Å². The molecular formula is C8H14N4O2S. The normalized spacial score (nSPS) is 12.7. The molecule has 1 aromatic rings. The Morgan fingerprint density at radius 2 is 2.27 bits per heavy atom. The molecule has 6 nitrogen and oxygen atoms in total. The number of hydrogen-bond donors (Lipinski definition) is 2. The average Bonchev–Trinajstić information content (AvgIpc) is 2.21. The molecule has 0 bridgehead atoms. The van der Waals surface area contributed by atoms with Crippen LogP contribution in [-0.4, -0.2) is 33.6 Å². The fraction of sp³-hybridized carbons (Fsp3) is 0.625. The second kappa shape index (κ2) is 5.13. The van der Waals surface area contributed by atoms with Gasteiger partial charge < -0.3 is 5.32 Å². The summed E-state index contributed by atoms with van der Waals surface area (Å²) in [5, 5.41) is 5.98. The summed E-state index contributed by atoms with van der Waals surface area (Å²) in [6.07, 6.45) is 0. The molecular weight excluding hydrogens is 216 g/mol. The maximum absolute atomic E-state index is 11.0. The minimum Gasteiger partial charge on any atom is -0.316 e. The van der Waals surface area contributed by atoms with E-state index in [0.717, 1.165) is 5.75 Å². The highest BCUT2D eigenvalue weighted by molar-refractivity contribution is 7.99. The Morgan fingerprint density at radius 3 is 2.87 bits per heavy atom. The molecule has 1 heterocycles. The molecule has 1 atom stereocenters. The maximum Gasteiger partial charge on any atom is 0.339 e. The van der Waals surface area contributed by atoms with Crippen LogP contribution in [0.15, 0.2) is 14.7 Å². The standard InChI is InChI=1S/C8H14N4O2S/c1-5(9-2)4-15-8-10-6(13)7(14)11-12(8)3/h5,9H,4H2,1-3H3,(H,11,14). The van der Waals surface area contributed by atoms with Gasteiger partial charge in [0.2, 0.25) is 0 Å². The number of aromatic amines is 1. The molecule has 1 aromatic heterocycles. The summed E-state index contributed by atoms with van der Waals surface area (Å²) in [7, 11) is 3.52. The highest BCUT2D eigenvalue weighted by atomic mass is 32.2. The lowest BCUT2D eigenvalue weighted by atomic mass is 10.4. The number of nitrogens with zero attached hydrogens (tertiary/aromatic N) is 2. The van der Waals surface area contributed by atoms with Crippen molar-refractivity contribution in [3.63, 3.8) is 0 Å². The van der Waals surface area contributed by atoms with Crippen molar-refractivity contribution in [2.45, 2.75) is 18.1 Å². The Hall–Kier alpha value is -1.08.